The molecule has 114 valence electrons. The highest BCUT2D eigenvalue weighted by molar-refractivity contribution is 5.99. The SMILES string of the molecule is CCc1ccc(C(=O)C(C)N2CCC(NC(C)=O)C2)cc1. The fourth-order valence-electron chi connectivity index (χ4n) is 2.86. The molecule has 1 fully saturated rings. The fraction of sp³-hybridized carbons (Fsp3) is 0.529. The molecule has 0 saturated carbocycles. The van der Waals surface area contributed by atoms with Gasteiger partial charge in [-0.25, -0.2) is 0 Å². The summed E-state index contributed by atoms with van der Waals surface area (Å²) >= 11 is 0. The van der Waals surface area contributed by atoms with E-state index in [9.17, 15) is 9.59 Å². The summed E-state index contributed by atoms with van der Waals surface area (Å²) in [6, 6.07) is 7.89. The molecular weight excluding hydrogens is 264 g/mol. The molecule has 0 spiro atoms. The van der Waals surface area contributed by atoms with E-state index in [4.69, 9.17) is 0 Å². The predicted molar refractivity (Wildman–Crippen MR) is 83.4 cm³/mol. The number of nitrogens with one attached hydrogen (secondary N) is 1. The maximum atomic E-state index is 12.5. The van der Waals surface area contributed by atoms with E-state index in [2.05, 4.69) is 17.1 Å². The standard InChI is InChI=1S/C17H24N2O2/c1-4-14-5-7-15(8-6-14)17(21)12(2)19-10-9-16(11-19)18-13(3)20/h5-8,12,16H,4,9-11H2,1-3H3,(H,18,20). The Morgan fingerprint density at radius 1 is 1.33 bits per heavy atom. The summed E-state index contributed by atoms with van der Waals surface area (Å²) in [5.41, 5.74) is 2.01. The van der Waals surface area contributed by atoms with Crippen LogP contribution in [-0.2, 0) is 11.2 Å². The van der Waals surface area contributed by atoms with Crippen LogP contribution >= 0.6 is 0 Å². The van der Waals surface area contributed by atoms with Gasteiger partial charge in [0.2, 0.25) is 5.91 Å². The number of rotatable bonds is 5. The molecule has 2 unspecified atom stereocenters. The highest BCUT2D eigenvalue weighted by Crippen LogP contribution is 2.17. The largest absolute Gasteiger partial charge is 0.352 e. The Labute approximate surface area is 126 Å². The van der Waals surface area contributed by atoms with Crippen molar-refractivity contribution in [3.63, 3.8) is 0 Å². The van der Waals surface area contributed by atoms with Crippen LogP contribution in [0.5, 0.6) is 0 Å². The van der Waals surface area contributed by atoms with Gasteiger partial charge in [-0.3, -0.25) is 14.5 Å². The van der Waals surface area contributed by atoms with Crippen LogP contribution < -0.4 is 5.32 Å². The molecule has 0 bridgehead atoms. The van der Waals surface area contributed by atoms with Gasteiger partial charge >= 0.3 is 0 Å². The molecule has 4 nitrogen and oxygen atoms in total. The lowest BCUT2D eigenvalue weighted by Crippen LogP contribution is -2.41. The second-order valence-corrected chi connectivity index (χ2v) is 5.77. The molecule has 0 aromatic heterocycles. The molecule has 1 amide bonds. The molecule has 1 aliphatic rings. The highest BCUT2D eigenvalue weighted by Gasteiger charge is 2.30. The number of amides is 1. The summed E-state index contributed by atoms with van der Waals surface area (Å²) in [7, 11) is 0. The second kappa shape index (κ2) is 6.85. The van der Waals surface area contributed by atoms with Crippen LogP contribution in [0.3, 0.4) is 0 Å². The minimum atomic E-state index is -0.142. The van der Waals surface area contributed by atoms with E-state index in [0.29, 0.717) is 0 Å². The summed E-state index contributed by atoms with van der Waals surface area (Å²) in [5.74, 6) is 0.150. The maximum absolute atomic E-state index is 12.5. The van der Waals surface area contributed by atoms with Crippen LogP contribution in [-0.4, -0.2) is 41.8 Å². The average molecular weight is 288 g/mol. The van der Waals surface area contributed by atoms with Crippen molar-refractivity contribution >= 4 is 11.7 Å². The third-order valence-corrected chi connectivity index (χ3v) is 4.20. The number of Topliss-reactive ketones (excluding diaryl/α,β-unsaturated/α-hetero) is 1. The number of hydrogen-bond acceptors (Lipinski definition) is 3. The van der Waals surface area contributed by atoms with Crippen molar-refractivity contribution in [2.45, 2.75) is 45.7 Å². The number of aryl methyl sites for hydroxylation is 1. The molecule has 1 saturated heterocycles. The molecular formula is C17H24N2O2. The van der Waals surface area contributed by atoms with Gasteiger partial charge < -0.3 is 5.32 Å². The van der Waals surface area contributed by atoms with E-state index in [1.54, 1.807) is 0 Å². The molecule has 2 rings (SSSR count). The van der Waals surface area contributed by atoms with Gasteiger partial charge in [0.05, 0.1) is 6.04 Å². The van der Waals surface area contributed by atoms with Crippen LogP contribution in [0.2, 0.25) is 0 Å². The van der Waals surface area contributed by atoms with Crippen molar-refractivity contribution in [2.24, 2.45) is 0 Å². The number of ketones is 1. The fourth-order valence-corrected chi connectivity index (χ4v) is 2.86. The van der Waals surface area contributed by atoms with Gasteiger partial charge in [-0.1, -0.05) is 31.2 Å². The van der Waals surface area contributed by atoms with Gasteiger partial charge in [-0.2, -0.15) is 0 Å². The number of nitrogens with zero attached hydrogens (tertiary/aromatic N) is 1. The van der Waals surface area contributed by atoms with Crippen LogP contribution in [0.25, 0.3) is 0 Å². The van der Waals surface area contributed by atoms with Crippen LogP contribution in [0.15, 0.2) is 24.3 Å². The number of carbonyl (C=O) groups is 2. The Balaban J connectivity index is 1.97. The Morgan fingerprint density at radius 2 is 2.00 bits per heavy atom. The normalized spacial score (nSPS) is 20.2. The summed E-state index contributed by atoms with van der Waals surface area (Å²) in [4.78, 5) is 25.8. The molecule has 4 heteroatoms. The smallest absolute Gasteiger partial charge is 0.217 e. The van der Waals surface area contributed by atoms with E-state index in [-0.39, 0.29) is 23.8 Å². The average Bonchev–Trinajstić information content (AvgIpc) is 2.93. The van der Waals surface area contributed by atoms with Crippen molar-refractivity contribution in [1.29, 1.82) is 0 Å². The zero-order valence-electron chi connectivity index (χ0n) is 13.1. The Bertz CT molecular complexity index is 510. The molecule has 1 aromatic rings. The molecule has 2 atom stereocenters. The summed E-state index contributed by atoms with van der Waals surface area (Å²) in [6.07, 6.45) is 1.89. The first-order chi connectivity index (χ1) is 10.0. The molecule has 0 aliphatic carbocycles. The number of carbonyl (C=O) groups excluding carboxylic acids is 2. The third kappa shape index (κ3) is 3.91. The summed E-state index contributed by atoms with van der Waals surface area (Å²) in [5, 5.41) is 2.93. The zero-order valence-corrected chi connectivity index (χ0v) is 13.1. The maximum Gasteiger partial charge on any atom is 0.217 e. The lowest BCUT2D eigenvalue weighted by atomic mass is 10.0. The van der Waals surface area contributed by atoms with Crippen molar-refractivity contribution in [1.82, 2.24) is 10.2 Å². The van der Waals surface area contributed by atoms with Crippen molar-refractivity contribution in [3.05, 3.63) is 35.4 Å². The summed E-state index contributed by atoms with van der Waals surface area (Å²) in [6.45, 7) is 7.19. The van der Waals surface area contributed by atoms with E-state index >= 15 is 0 Å². The first kappa shape index (κ1) is 15.7. The monoisotopic (exact) mass is 288 g/mol. The van der Waals surface area contributed by atoms with Gasteiger partial charge in [0.15, 0.2) is 5.78 Å². The van der Waals surface area contributed by atoms with Crippen molar-refractivity contribution in [3.8, 4) is 0 Å². The molecule has 1 aromatic carbocycles. The first-order valence-electron chi connectivity index (χ1n) is 7.65. The van der Waals surface area contributed by atoms with Gasteiger partial charge in [-0.15, -0.1) is 0 Å². The lowest BCUT2D eigenvalue weighted by molar-refractivity contribution is -0.119. The number of likely N-dealkylation sites (tertiary alicyclic amines) is 1. The van der Waals surface area contributed by atoms with E-state index in [0.717, 1.165) is 31.5 Å². The highest BCUT2D eigenvalue weighted by atomic mass is 16.1. The quantitative estimate of drug-likeness (QED) is 0.843. The second-order valence-electron chi connectivity index (χ2n) is 5.77. The van der Waals surface area contributed by atoms with Gasteiger partial charge in [0.25, 0.3) is 0 Å². The van der Waals surface area contributed by atoms with Crippen molar-refractivity contribution in [2.75, 3.05) is 13.1 Å². The Morgan fingerprint density at radius 3 is 2.57 bits per heavy atom. The number of benzene rings is 1. The van der Waals surface area contributed by atoms with E-state index in [1.165, 1.54) is 12.5 Å². The minimum absolute atomic E-state index is 0.00372. The lowest BCUT2D eigenvalue weighted by Gasteiger charge is -2.23. The Kier molecular flexibility index (Phi) is 5.12. The van der Waals surface area contributed by atoms with Gasteiger partial charge in [0.1, 0.15) is 0 Å². The summed E-state index contributed by atoms with van der Waals surface area (Å²) < 4.78 is 0. The molecule has 1 aliphatic heterocycles. The zero-order chi connectivity index (χ0) is 15.4. The molecule has 1 N–H and O–H groups in total. The van der Waals surface area contributed by atoms with Crippen LogP contribution in [0, 0.1) is 0 Å². The Hall–Kier alpha value is -1.68. The van der Waals surface area contributed by atoms with Crippen LogP contribution in [0.4, 0.5) is 0 Å². The minimum Gasteiger partial charge on any atom is -0.352 e. The molecule has 0 radical (unpaired) electrons. The van der Waals surface area contributed by atoms with Gasteiger partial charge in [-0.05, 0) is 25.3 Å². The molecule has 21 heavy (non-hydrogen) atoms. The topological polar surface area (TPSA) is 49.4 Å². The van der Waals surface area contributed by atoms with Crippen LogP contribution in [0.1, 0.15) is 43.1 Å². The molecule has 1 heterocycles. The number of hydrogen-bond donors (Lipinski definition) is 1. The van der Waals surface area contributed by atoms with Gasteiger partial charge in [0, 0.05) is 31.6 Å². The third-order valence-electron chi connectivity index (χ3n) is 4.20. The van der Waals surface area contributed by atoms with E-state index in [1.807, 2.05) is 31.2 Å². The first-order valence-corrected chi connectivity index (χ1v) is 7.65. The predicted octanol–water partition coefficient (Wildman–Crippen LogP) is 2.03. The van der Waals surface area contributed by atoms with E-state index < -0.39 is 0 Å². The van der Waals surface area contributed by atoms with Crippen molar-refractivity contribution < 1.29 is 9.59 Å².